The summed E-state index contributed by atoms with van der Waals surface area (Å²) in [6.45, 7) is 6.54. The van der Waals surface area contributed by atoms with Crippen molar-refractivity contribution in [1.82, 2.24) is 10.3 Å². The average Bonchev–Trinajstić information content (AvgIpc) is 3.23. The van der Waals surface area contributed by atoms with E-state index in [2.05, 4.69) is 24.1 Å². The topological polar surface area (TPSA) is 37.4 Å². The Morgan fingerprint density at radius 1 is 1.45 bits per heavy atom. The predicted molar refractivity (Wildman–Crippen MR) is 83.5 cm³/mol. The van der Waals surface area contributed by atoms with Crippen molar-refractivity contribution in [3.63, 3.8) is 0 Å². The molecule has 1 aromatic rings. The Morgan fingerprint density at radius 2 is 2.20 bits per heavy atom. The zero-order valence-corrected chi connectivity index (χ0v) is 13.3. The van der Waals surface area contributed by atoms with E-state index in [9.17, 15) is 0 Å². The number of pyridine rings is 1. The highest BCUT2D eigenvalue weighted by atomic mass is 35.5. The van der Waals surface area contributed by atoms with Crippen molar-refractivity contribution in [2.45, 2.75) is 45.3 Å². The molecular weight excluding hydrogens is 274 g/mol. The molecule has 20 heavy (non-hydrogen) atoms. The van der Waals surface area contributed by atoms with Crippen LogP contribution in [-0.4, -0.2) is 37.3 Å². The van der Waals surface area contributed by atoms with Gasteiger partial charge in [0.2, 0.25) is 0 Å². The molecule has 0 radical (unpaired) electrons. The van der Waals surface area contributed by atoms with E-state index in [1.54, 1.807) is 7.11 Å². The highest BCUT2D eigenvalue weighted by Crippen LogP contribution is 2.31. The van der Waals surface area contributed by atoms with E-state index < -0.39 is 0 Å². The second-order valence-electron chi connectivity index (χ2n) is 5.55. The summed E-state index contributed by atoms with van der Waals surface area (Å²) in [5, 5.41) is 4.09. The summed E-state index contributed by atoms with van der Waals surface area (Å²) in [5.74, 6) is 1.01. The van der Waals surface area contributed by atoms with Crippen molar-refractivity contribution in [2.75, 3.05) is 25.2 Å². The number of nitrogens with zero attached hydrogens (tertiary/aromatic N) is 2. The summed E-state index contributed by atoms with van der Waals surface area (Å²) in [6, 6.07) is 4.99. The van der Waals surface area contributed by atoms with Crippen LogP contribution in [0.2, 0.25) is 5.02 Å². The van der Waals surface area contributed by atoms with Gasteiger partial charge in [0, 0.05) is 32.3 Å². The van der Waals surface area contributed by atoms with Crippen LogP contribution >= 0.6 is 11.6 Å². The second-order valence-corrected chi connectivity index (χ2v) is 5.96. The Bertz CT molecular complexity index is 435. The van der Waals surface area contributed by atoms with Crippen LogP contribution in [0.4, 0.5) is 5.82 Å². The van der Waals surface area contributed by atoms with Gasteiger partial charge in [-0.2, -0.15) is 0 Å². The van der Waals surface area contributed by atoms with E-state index in [1.165, 1.54) is 12.8 Å². The lowest BCUT2D eigenvalue weighted by Gasteiger charge is -2.24. The maximum Gasteiger partial charge on any atom is 0.129 e. The first kappa shape index (κ1) is 15.5. The molecule has 1 aliphatic rings. The fraction of sp³-hybridized carbons (Fsp3) is 0.667. The molecule has 1 saturated carbocycles. The summed E-state index contributed by atoms with van der Waals surface area (Å²) < 4.78 is 5.20. The van der Waals surface area contributed by atoms with Crippen LogP contribution in [0.15, 0.2) is 12.1 Å². The number of halogens is 1. The number of aromatic nitrogens is 1. The standard InChI is InChI=1S/C15H24ClN3O/c1-11(2)17-10-14-13(16)6-7-15(18-14)19(8-9-20-3)12-4-5-12/h6-7,11-12,17H,4-5,8-10H2,1-3H3. The van der Waals surface area contributed by atoms with Gasteiger partial charge < -0.3 is 15.0 Å². The quantitative estimate of drug-likeness (QED) is 0.801. The predicted octanol–water partition coefficient (Wildman–Crippen LogP) is 2.85. The monoisotopic (exact) mass is 297 g/mol. The van der Waals surface area contributed by atoms with Gasteiger partial charge in [-0.25, -0.2) is 4.98 Å². The van der Waals surface area contributed by atoms with Gasteiger partial charge in [0.1, 0.15) is 5.82 Å². The van der Waals surface area contributed by atoms with E-state index >= 15 is 0 Å². The molecule has 1 heterocycles. The Labute approximate surface area is 126 Å². The number of nitrogens with one attached hydrogen (secondary N) is 1. The van der Waals surface area contributed by atoms with E-state index in [4.69, 9.17) is 21.3 Å². The van der Waals surface area contributed by atoms with Gasteiger partial charge in [0.25, 0.3) is 0 Å². The molecule has 0 aromatic carbocycles. The molecule has 1 aromatic heterocycles. The zero-order chi connectivity index (χ0) is 14.5. The van der Waals surface area contributed by atoms with Crippen LogP contribution in [0.25, 0.3) is 0 Å². The van der Waals surface area contributed by atoms with Crippen molar-refractivity contribution in [3.05, 3.63) is 22.8 Å². The number of anilines is 1. The van der Waals surface area contributed by atoms with Crippen molar-refractivity contribution in [3.8, 4) is 0 Å². The van der Waals surface area contributed by atoms with Gasteiger partial charge in [-0.1, -0.05) is 25.4 Å². The third-order valence-corrected chi connectivity index (χ3v) is 3.74. The van der Waals surface area contributed by atoms with Gasteiger partial charge in [-0.15, -0.1) is 0 Å². The SMILES string of the molecule is COCCN(c1ccc(Cl)c(CNC(C)C)n1)C1CC1. The lowest BCUT2D eigenvalue weighted by Crippen LogP contribution is -2.31. The Morgan fingerprint density at radius 3 is 2.80 bits per heavy atom. The first-order chi connectivity index (χ1) is 9.61. The van der Waals surface area contributed by atoms with Crippen LogP contribution in [0.5, 0.6) is 0 Å². The summed E-state index contributed by atoms with van der Waals surface area (Å²) in [6.07, 6.45) is 2.49. The lowest BCUT2D eigenvalue weighted by atomic mass is 10.3. The van der Waals surface area contributed by atoms with Gasteiger partial charge in [-0.05, 0) is 25.0 Å². The number of hydrogen-bond donors (Lipinski definition) is 1. The largest absolute Gasteiger partial charge is 0.383 e. The highest BCUT2D eigenvalue weighted by molar-refractivity contribution is 6.31. The van der Waals surface area contributed by atoms with E-state index in [0.717, 1.165) is 29.7 Å². The van der Waals surface area contributed by atoms with Gasteiger partial charge in [-0.3, -0.25) is 0 Å². The summed E-state index contributed by atoms with van der Waals surface area (Å²) in [4.78, 5) is 7.07. The minimum absolute atomic E-state index is 0.421. The van der Waals surface area contributed by atoms with Crippen molar-refractivity contribution >= 4 is 17.4 Å². The van der Waals surface area contributed by atoms with Gasteiger partial charge in [0.05, 0.1) is 17.3 Å². The fourth-order valence-corrected chi connectivity index (χ4v) is 2.29. The Balaban J connectivity index is 2.11. The first-order valence-corrected chi connectivity index (χ1v) is 7.64. The first-order valence-electron chi connectivity index (χ1n) is 7.26. The normalized spacial score (nSPS) is 14.8. The maximum atomic E-state index is 6.24. The molecule has 0 amide bonds. The van der Waals surface area contributed by atoms with Crippen LogP contribution < -0.4 is 10.2 Å². The number of hydrogen-bond acceptors (Lipinski definition) is 4. The molecule has 0 saturated heterocycles. The van der Waals surface area contributed by atoms with Crippen LogP contribution in [-0.2, 0) is 11.3 Å². The average molecular weight is 298 g/mol. The van der Waals surface area contributed by atoms with Crippen LogP contribution in [0.3, 0.4) is 0 Å². The molecule has 2 rings (SSSR count). The minimum Gasteiger partial charge on any atom is -0.383 e. The molecular formula is C15H24ClN3O. The third-order valence-electron chi connectivity index (χ3n) is 3.40. The maximum absolute atomic E-state index is 6.24. The van der Waals surface area contributed by atoms with Crippen LogP contribution in [0.1, 0.15) is 32.4 Å². The molecule has 0 atom stereocenters. The highest BCUT2D eigenvalue weighted by Gasteiger charge is 2.29. The molecule has 0 unspecified atom stereocenters. The van der Waals surface area contributed by atoms with Crippen LogP contribution in [0, 0.1) is 0 Å². The van der Waals surface area contributed by atoms with Crippen molar-refractivity contribution in [2.24, 2.45) is 0 Å². The minimum atomic E-state index is 0.421. The van der Waals surface area contributed by atoms with E-state index in [0.29, 0.717) is 18.6 Å². The summed E-state index contributed by atoms with van der Waals surface area (Å²) >= 11 is 6.24. The third kappa shape index (κ3) is 4.33. The fourth-order valence-electron chi connectivity index (χ4n) is 2.12. The van der Waals surface area contributed by atoms with Gasteiger partial charge in [0.15, 0.2) is 0 Å². The number of rotatable bonds is 8. The van der Waals surface area contributed by atoms with E-state index in [1.807, 2.05) is 12.1 Å². The van der Waals surface area contributed by atoms with Crippen molar-refractivity contribution < 1.29 is 4.74 Å². The molecule has 1 N–H and O–H groups in total. The van der Waals surface area contributed by atoms with Crippen molar-refractivity contribution in [1.29, 1.82) is 0 Å². The smallest absolute Gasteiger partial charge is 0.129 e. The molecule has 4 nitrogen and oxygen atoms in total. The lowest BCUT2D eigenvalue weighted by molar-refractivity contribution is 0.204. The number of methoxy groups -OCH3 is 1. The Kier molecular flexibility index (Phi) is 5.64. The molecule has 112 valence electrons. The second kappa shape index (κ2) is 7.25. The molecule has 0 bridgehead atoms. The zero-order valence-electron chi connectivity index (χ0n) is 12.5. The Hall–Kier alpha value is -0.840. The molecule has 1 aliphatic carbocycles. The van der Waals surface area contributed by atoms with E-state index in [-0.39, 0.29) is 0 Å². The number of ether oxygens (including phenoxy) is 1. The molecule has 1 fully saturated rings. The molecule has 5 heteroatoms. The molecule has 0 aliphatic heterocycles. The molecule has 0 spiro atoms. The summed E-state index contributed by atoms with van der Waals surface area (Å²) in [5.41, 5.74) is 0.918. The summed E-state index contributed by atoms with van der Waals surface area (Å²) in [7, 11) is 1.73. The van der Waals surface area contributed by atoms with Gasteiger partial charge >= 0.3 is 0 Å².